The lowest BCUT2D eigenvalue weighted by atomic mass is 10.2. The molecule has 12 nitrogen and oxygen atoms in total. The summed E-state index contributed by atoms with van der Waals surface area (Å²) in [6.45, 7) is 16.9. The summed E-state index contributed by atoms with van der Waals surface area (Å²) in [5.74, 6) is 0. The van der Waals surface area contributed by atoms with Crippen LogP contribution in [0.15, 0.2) is 212 Å². The largest absolute Gasteiger partial charge is 0.318 e. The van der Waals surface area contributed by atoms with E-state index in [9.17, 15) is 0 Å². The average molecular weight is 1030 g/mol. The Morgan fingerprint density at radius 3 is 0.417 bits per heavy atom. The number of nitrogens with zero attached hydrogens (tertiary/aromatic N) is 4. The van der Waals surface area contributed by atoms with Crippen molar-refractivity contribution in [3.63, 3.8) is 0 Å². The van der Waals surface area contributed by atoms with Crippen LogP contribution in [0.3, 0.4) is 0 Å². The Balaban J connectivity index is 1.55. The molecule has 0 atom stereocenters. The topological polar surface area (TPSA) is 146 Å². The van der Waals surface area contributed by atoms with Gasteiger partial charge in [-0.05, 0) is 148 Å². The van der Waals surface area contributed by atoms with E-state index in [0.717, 1.165) is 90.0 Å². The molecule has 0 saturated heterocycles. The van der Waals surface area contributed by atoms with Gasteiger partial charge in [0.1, 0.15) is 0 Å². The number of hydrogen-bond acceptors (Lipinski definition) is 12. The summed E-state index contributed by atoms with van der Waals surface area (Å²) >= 11 is 0. The Morgan fingerprint density at radius 2 is 0.306 bits per heavy atom. The highest BCUT2D eigenvalue weighted by Crippen LogP contribution is 2.77. The number of para-hydroxylation sites is 8. The van der Waals surface area contributed by atoms with E-state index < -0.39 is 30.0 Å². The van der Waals surface area contributed by atoms with Gasteiger partial charge in [-0.15, -0.1) is 0 Å². The monoisotopic (exact) mass is 1030 g/mol. The second-order valence-electron chi connectivity index (χ2n) is 18.2. The van der Waals surface area contributed by atoms with Crippen LogP contribution in [0.5, 0.6) is 0 Å². The van der Waals surface area contributed by atoms with E-state index in [1.165, 1.54) is 0 Å². The molecule has 0 unspecified atom stereocenters. The maximum absolute atomic E-state index is 6.37. The molecule has 1 heterocycles. The van der Waals surface area contributed by atoms with E-state index in [-0.39, 0.29) is 0 Å². The zero-order chi connectivity index (χ0) is 50.4. The van der Waals surface area contributed by atoms with E-state index in [4.69, 9.17) is 18.1 Å². The van der Waals surface area contributed by atoms with Gasteiger partial charge in [0.25, 0.3) is 30.0 Å². The van der Waals surface area contributed by atoms with Gasteiger partial charge in [0.15, 0.2) is 0 Å². The molecule has 0 fully saturated rings. The molecule has 0 spiro atoms. The molecule has 16 heteroatoms. The van der Waals surface area contributed by atoms with Gasteiger partial charge in [0.05, 0.1) is 0 Å². The van der Waals surface area contributed by atoms with Crippen LogP contribution < -0.4 is 40.7 Å². The Kier molecular flexibility index (Phi) is 14.9. The Bertz CT molecular complexity index is 2830. The lowest BCUT2D eigenvalue weighted by Crippen LogP contribution is -2.17. The number of hydrogen-bond donors (Lipinski definition) is 8. The minimum Gasteiger partial charge on any atom is -0.318 e. The third kappa shape index (κ3) is 11.5. The molecule has 9 rings (SSSR count). The second-order valence-corrected chi connectivity index (χ2v) is 27.6. The van der Waals surface area contributed by atoms with Crippen LogP contribution in [-0.4, -0.2) is 0 Å². The van der Waals surface area contributed by atoms with Crippen LogP contribution in [0.2, 0.25) is 0 Å². The van der Waals surface area contributed by atoms with Crippen LogP contribution in [-0.2, 0) is 0 Å². The van der Waals surface area contributed by atoms with Crippen molar-refractivity contribution in [3.8, 4) is 0 Å². The summed E-state index contributed by atoms with van der Waals surface area (Å²) in [4.78, 5) is 0. The van der Waals surface area contributed by atoms with Crippen molar-refractivity contribution in [2.45, 2.75) is 55.4 Å². The predicted octanol–water partition coefficient (Wildman–Crippen LogP) is 19.1. The molecule has 1 aliphatic rings. The number of benzene rings is 8. The van der Waals surface area contributed by atoms with Crippen LogP contribution in [0, 0.1) is 55.4 Å². The van der Waals surface area contributed by atoms with Gasteiger partial charge in [-0.3, -0.25) is 0 Å². The summed E-state index contributed by atoms with van der Waals surface area (Å²) in [5.41, 5.74) is 15.2. The molecule has 8 aromatic rings. The summed E-state index contributed by atoms with van der Waals surface area (Å²) in [6, 6.07) is 66.5. The number of anilines is 8. The number of rotatable bonds is 16. The van der Waals surface area contributed by atoms with Gasteiger partial charge in [-0.25, -0.2) is 0 Å². The number of aryl methyl sites for hydroxylation is 8. The molecule has 8 N–H and O–H groups in total. The van der Waals surface area contributed by atoms with Gasteiger partial charge in [0.2, 0.25) is 0 Å². The van der Waals surface area contributed by atoms with Gasteiger partial charge >= 0.3 is 0 Å². The molecule has 72 heavy (non-hydrogen) atoms. The van der Waals surface area contributed by atoms with E-state index in [2.05, 4.69) is 242 Å². The summed E-state index contributed by atoms with van der Waals surface area (Å²) < 4.78 is 25.5. The number of nitrogens with one attached hydrogen (secondary N) is 8. The maximum Gasteiger partial charge on any atom is 0.268 e. The SMILES string of the molecule is Cc1ccccc1NP1(Nc2ccccc2C)=NP(Nc2ccccc2C)(Nc2ccccc2C)=NP(Nc2ccccc2C)(Nc2ccccc2C)=NP(Nc2ccccc2C)(Nc2ccccc2C)=N1. The lowest BCUT2D eigenvalue weighted by Gasteiger charge is -2.39. The normalized spacial score (nSPS) is 15.0. The molecule has 8 aromatic carbocycles. The molecule has 0 amide bonds. The molecule has 0 bridgehead atoms. The molecule has 1 aliphatic heterocycles. The van der Waals surface area contributed by atoms with Crippen LogP contribution >= 0.6 is 30.0 Å². The standard InChI is InChI=1S/C56H64N12P4/c1-41-25-9-17-33-49(41)57-69(58-50-34-18-10-26-42(50)2)65-70(59-51-35-19-11-27-43(51)3,60-52-36-20-12-28-44(52)4)67-72(63-55-39-23-15-31-47(55)7,64-56-40-24-16-32-48(56)8)68-71(66-69,61-53-37-21-13-29-45(53)5)62-54-38-22-14-30-46(54)6/h9-40,57-64H,1-8H3. The highest BCUT2D eigenvalue weighted by atomic mass is 31.3. The molecule has 368 valence electrons. The highest BCUT2D eigenvalue weighted by Gasteiger charge is 2.41. The van der Waals surface area contributed by atoms with Gasteiger partial charge < -0.3 is 40.7 Å². The van der Waals surface area contributed by atoms with Crippen LogP contribution in [0.25, 0.3) is 0 Å². The predicted molar refractivity (Wildman–Crippen MR) is 316 cm³/mol. The van der Waals surface area contributed by atoms with E-state index >= 15 is 0 Å². The molecule has 0 radical (unpaired) electrons. The van der Waals surface area contributed by atoms with E-state index in [1.54, 1.807) is 0 Å². The van der Waals surface area contributed by atoms with Gasteiger partial charge in [0, 0.05) is 45.5 Å². The molecular weight excluding hydrogens is 965 g/mol. The molecular formula is C56H64N12P4. The van der Waals surface area contributed by atoms with Crippen molar-refractivity contribution < 1.29 is 0 Å². The van der Waals surface area contributed by atoms with Crippen molar-refractivity contribution in [2.75, 3.05) is 40.7 Å². The Hall–Kier alpha value is -6.92. The van der Waals surface area contributed by atoms with E-state index in [0.29, 0.717) is 0 Å². The maximum atomic E-state index is 6.37. The first kappa shape index (κ1) is 50.0. The van der Waals surface area contributed by atoms with Crippen molar-refractivity contribution in [2.24, 2.45) is 18.1 Å². The van der Waals surface area contributed by atoms with Crippen molar-refractivity contribution in [3.05, 3.63) is 239 Å². The lowest BCUT2D eigenvalue weighted by molar-refractivity contribution is 1.41. The van der Waals surface area contributed by atoms with Crippen LogP contribution in [0.1, 0.15) is 44.5 Å². The molecule has 0 aromatic heterocycles. The highest BCUT2D eigenvalue weighted by molar-refractivity contribution is 7.90. The third-order valence-electron chi connectivity index (χ3n) is 12.4. The minimum atomic E-state index is -3.68. The molecule has 0 saturated carbocycles. The zero-order valence-corrected chi connectivity index (χ0v) is 45.6. The second kappa shape index (κ2) is 21.4. The summed E-state index contributed by atoms with van der Waals surface area (Å²) in [6.07, 6.45) is 0. The Labute approximate surface area is 426 Å². The van der Waals surface area contributed by atoms with Gasteiger partial charge in [-0.1, -0.05) is 146 Å². The van der Waals surface area contributed by atoms with Gasteiger partial charge in [-0.2, -0.15) is 18.1 Å². The zero-order valence-electron chi connectivity index (χ0n) is 42.1. The first-order valence-electron chi connectivity index (χ1n) is 24.0. The minimum absolute atomic E-state index is 0.867. The fraction of sp³-hybridized carbons (Fsp3) is 0.143. The third-order valence-corrected chi connectivity index (χ3v) is 25.1. The smallest absolute Gasteiger partial charge is 0.268 e. The summed E-state index contributed by atoms with van der Waals surface area (Å²) in [5, 5.41) is 32.6. The first-order chi connectivity index (χ1) is 34.7. The van der Waals surface area contributed by atoms with Crippen LogP contribution in [0.4, 0.5) is 45.5 Å². The van der Waals surface area contributed by atoms with Crippen molar-refractivity contribution in [1.29, 1.82) is 0 Å². The fourth-order valence-corrected chi connectivity index (χ4v) is 23.9. The van der Waals surface area contributed by atoms with Crippen molar-refractivity contribution in [1.82, 2.24) is 0 Å². The Morgan fingerprint density at radius 1 is 0.194 bits per heavy atom. The molecule has 0 aliphatic carbocycles. The summed E-state index contributed by atoms with van der Waals surface area (Å²) in [7, 11) is -14.7. The average Bonchev–Trinajstić information content (AvgIpc) is 3.35. The van der Waals surface area contributed by atoms with Crippen molar-refractivity contribution >= 4 is 75.5 Å². The fourth-order valence-electron chi connectivity index (χ4n) is 8.22. The first-order valence-corrected chi connectivity index (χ1v) is 30.8. The van der Waals surface area contributed by atoms with E-state index in [1.807, 2.05) is 48.5 Å². The quantitative estimate of drug-likeness (QED) is 0.0447.